The maximum Gasteiger partial charge on any atom is 0.304 e. The van der Waals surface area contributed by atoms with Crippen molar-refractivity contribution in [2.75, 3.05) is 0 Å². The summed E-state index contributed by atoms with van der Waals surface area (Å²) >= 11 is 5.67. The molecule has 1 heterocycles. The molecule has 0 unspecified atom stereocenters. The number of benzene rings is 1. The highest BCUT2D eigenvalue weighted by atomic mass is 35.5. The van der Waals surface area contributed by atoms with Crippen LogP contribution in [0.25, 0.3) is 0 Å². The van der Waals surface area contributed by atoms with Crippen molar-refractivity contribution in [3.8, 4) is 5.88 Å². The lowest BCUT2D eigenvalue weighted by molar-refractivity contribution is 0.00691. The Kier molecular flexibility index (Phi) is 3.95. The predicted octanol–water partition coefficient (Wildman–Crippen LogP) is 3.82. The third-order valence-corrected chi connectivity index (χ3v) is 2.49. The molecule has 2 aromatic rings. The van der Waals surface area contributed by atoms with Crippen molar-refractivity contribution >= 4 is 11.6 Å². The molecule has 0 fully saturated rings. The third-order valence-electron chi connectivity index (χ3n) is 2.29. The van der Waals surface area contributed by atoms with Crippen molar-refractivity contribution in [1.29, 1.82) is 0 Å². The first kappa shape index (κ1) is 13.7. The number of rotatable bonds is 4. The summed E-state index contributed by atoms with van der Waals surface area (Å²) < 4.78 is 31.6. The minimum atomic E-state index is -3.16. The van der Waals surface area contributed by atoms with Gasteiger partial charge >= 0.3 is 5.92 Å². The molecule has 1 aromatic heterocycles. The van der Waals surface area contributed by atoms with Crippen LogP contribution in [0.5, 0.6) is 5.88 Å². The second kappa shape index (κ2) is 5.48. The smallest absolute Gasteiger partial charge is 0.304 e. The first-order valence-electron chi connectivity index (χ1n) is 5.55. The molecule has 0 aliphatic rings. The van der Waals surface area contributed by atoms with E-state index in [2.05, 4.69) is 9.97 Å². The van der Waals surface area contributed by atoms with Gasteiger partial charge in [0, 0.05) is 13.0 Å². The summed E-state index contributed by atoms with van der Waals surface area (Å²) in [5.41, 5.74) is 0.905. The van der Waals surface area contributed by atoms with E-state index in [1.54, 1.807) is 0 Å². The highest BCUT2D eigenvalue weighted by Crippen LogP contribution is 2.27. The minimum Gasteiger partial charge on any atom is -0.473 e. The molecule has 0 atom stereocenters. The van der Waals surface area contributed by atoms with E-state index in [1.165, 1.54) is 6.07 Å². The Bertz CT molecular complexity index is 558. The van der Waals surface area contributed by atoms with Gasteiger partial charge in [0.2, 0.25) is 11.7 Å². The van der Waals surface area contributed by atoms with Gasteiger partial charge in [0.05, 0.1) is 0 Å². The molecule has 6 heteroatoms. The van der Waals surface area contributed by atoms with Crippen LogP contribution in [0.3, 0.4) is 0 Å². The Balaban J connectivity index is 2.15. The lowest BCUT2D eigenvalue weighted by Crippen LogP contribution is -2.13. The molecular weight excluding hydrogens is 274 g/mol. The number of hydrogen-bond donors (Lipinski definition) is 0. The van der Waals surface area contributed by atoms with Crippen LogP contribution >= 0.6 is 11.6 Å². The lowest BCUT2D eigenvalue weighted by atomic mass is 10.2. The summed E-state index contributed by atoms with van der Waals surface area (Å²) in [5, 5.41) is -0.0745. The molecule has 19 heavy (non-hydrogen) atoms. The summed E-state index contributed by atoms with van der Waals surface area (Å²) in [6.45, 7) is 0.933. The average Bonchev–Trinajstić information content (AvgIpc) is 2.36. The summed E-state index contributed by atoms with van der Waals surface area (Å²) in [5.74, 6) is -3.78. The van der Waals surface area contributed by atoms with Crippen molar-refractivity contribution in [3.05, 3.63) is 52.9 Å². The van der Waals surface area contributed by atoms with Gasteiger partial charge in [-0.25, -0.2) is 4.98 Å². The van der Waals surface area contributed by atoms with Gasteiger partial charge in [0.1, 0.15) is 11.8 Å². The molecule has 0 aliphatic carbocycles. The van der Waals surface area contributed by atoms with Crippen LogP contribution in [0.4, 0.5) is 8.78 Å². The third kappa shape index (κ3) is 3.86. The van der Waals surface area contributed by atoms with Crippen molar-refractivity contribution in [3.63, 3.8) is 0 Å². The fourth-order valence-electron chi connectivity index (χ4n) is 1.40. The zero-order chi connectivity index (χ0) is 13.9. The summed E-state index contributed by atoms with van der Waals surface area (Å²) in [6.07, 6.45) is 0. The zero-order valence-corrected chi connectivity index (χ0v) is 10.9. The first-order valence-corrected chi connectivity index (χ1v) is 5.92. The molecule has 1 aromatic carbocycles. The predicted molar refractivity (Wildman–Crippen MR) is 67.4 cm³/mol. The number of halogens is 3. The maximum absolute atomic E-state index is 13.1. The SMILES string of the molecule is CC(F)(F)c1nc(Cl)cc(OCc2ccccc2)n1. The molecule has 0 radical (unpaired) electrons. The normalized spacial score (nSPS) is 11.4. The van der Waals surface area contributed by atoms with E-state index < -0.39 is 11.7 Å². The number of alkyl halides is 2. The number of hydrogen-bond acceptors (Lipinski definition) is 3. The van der Waals surface area contributed by atoms with Gasteiger partial charge in [-0.15, -0.1) is 0 Å². The highest BCUT2D eigenvalue weighted by Gasteiger charge is 2.29. The van der Waals surface area contributed by atoms with Crippen LogP contribution in [0.15, 0.2) is 36.4 Å². The second-order valence-electron chi connectivity index (χ2n) is 4.02. The minimum absolute atomic E-state index is 0.0281. The van der Waals surface area contributed by atoms with E-state index in [9.17, 15) is 8.78 Å². The van der Waals surface area contributed by atoms with Crippen LogP contribution in [0.1, 0.15) is 18.3 Å². The molecule has 0 bridgehead atoms. The molecule has 0 aliphatic heterocycles. The Morgan fingerprint density at radius 1 is 1.21 bits per heavy atom. The lowest BCUT2D eigenvalue weighted by Gasteiger charge is -2.11. The molecule has 3 nitrogen and oxygen atoms in total. The molecule has 0 amide bonds. The molecule has 2 rings (SSSR count). The van der Waals surface area contributed by atoms with Gasteiger partial charge in [-0.3, -0.25) is 0 Å². The van der Waals surface area contributed by atoms with Gasteiger partial charge in [0.15, 0.2) is 0 Å². The monoisotopic (exact) mass is 284 g/mol. The van der Waals surface area contributed by atoms with E-state index in [0.29, 0.717) is 6.92 Å². The van der Waals surface area contributed by atoms with E-state index >= 15 is 0 Å². The van der Waals surface area contributed by atoms with Gasteiger partial charge in [-0.05, 0) is 5.56 Å². The van der Waals surface area contributed by atoms with Crippen molar-refractivity contribution in [2.24, 2.45) is 0 Å². The van der Waals surface area contributed by atoms with Crippen LogP contribution in [-0.2, 0) is 12.5 Å². The van der Waals surface area contributed by atoms with E-state index in [0.717, 1.165) is 5.56 Å². The quantitative estimate of drug-likeness (QED) is 0.801. The van der Waals surface area contributed by atoms with Crippen molar-refractivity contribution < 1.29 is 13.5 Å². The second-order valence-corrected chi connectivity index (χ2v) is 4.40. The van der Waals surface area contributed by atoms with E-state index in [-0.39, 0.29) is 17.6 Å². The Hall–Kier alpha value is -1.75. The summed E-state index contributed by atoms with van der Waals surface area (Å²) in [4.78, 5) is 7.14. The van der Waals surface area contributed by atoms with Gasteiger partial charge in [-0.1, -0.05) is 41.9 Å². The van der Waals surface area contributed by atoms with Crippen molar-refractivity contribution in [1.82, 2.24) is 9.97 Å². The van der Waals surface area contributed by atoms with E-state index in [1.807, 2.05) is 30.3 Å². The fourth-order valence-corrected chi connectivity index (χ4v) is 1.57. The zero-order valence-electron chi connectivity index (χ0n) is 10.1. The van der Waals surface area contributed by atoms with Gasteiger partial charge < -0.3 is 4.74 Å². The largest absolute Gasteiger partial charge is 0.473 e. The highest BCUT2D eigenvalue weighted by molar-refractivity contribution is 6.29. The van der Waals surface area contributed by atoms with Crippen LogP contribution < -0.4 is 4.74 Å². The van der Waals surface area contributed by atoms with Gasteiger partial charge in [-0.2, -0.15) is 13.8 Å². The van der Waals surface area contributed by atoms with Crippen LogP contribution in [0, 0.1) is 0 Å². The molecule has 100 valence electrons. The summed E-state index contributed by atoms with van der Waals surface area (Å²) in [6, 6.07) is 10.6. The van der Waals surface area contributed by atoms with Gasteiger partial charge in [0.25, 0.3) is 0 Å². The molecule has 0 N–H and O–H groups in total. The molecule has 0 spiro atoms. The molecule has 0 saturated carbocycles. The Labute approximate surface area is 114 Å². The maximum atomic E-state index is 13.1. The molecular formula is C13H11ClF2N2O. The number of aromatic nitrogens is 2. The van der Waals surface area contributed by atoms with E-state index in [4.69, 9.17) is 16.3 Å². The van der Waals surface area contributed by atoms with Crippen LogP contribution in [-0.4, -0.2) is 9.97 Å². The Morgan fingerprint density at radius 2 is 1.89 bits per heavy atom. The van der Waals surface area contributed by atoms with Crippen molar-refractivity contribution in [2.45, 2.75) is 19.5 Å². The standard InChI is InChI=1S/C13H11ClF2N2O/c1-13(15,16)12-17-10(14)7-11(18-12)19-8-9-5-3-2-4-6-9/h2-7H,8H2,1H3. The summed E-state index contributed by atoms with van der Waals surface area (Å²) in [7, 11) is 0. The molecule has 0 saturated heterocycles. The number of nitrogens with zero attached hydrogens (tertiary/aromatic N) is 2. The number of ether oxygens (including phenoxy) is 1. The first-order chi connectivity index (χ1) is 8.95. The average molecular weight is 285 g/mol. The topological polar surface area (TPSA) is 35.0 Å². The van der Waals surface area contributed by atoms with Crippen LogP contribution in [0.2, 0.25) is 5.15 Å². The Morgan fingerprint density at radius 3 is 2.53 bits per heavy atom. The fraction of sp³-hybridized carbons (Fsp3) is 0.231.